The van der Waals surface area contributed by atoms with Crippen LogP contribution in [0.2, 0.25) is 0 Å². The molecule has 1 aromatic carbocycles. The maximum atomic E-state index is 11.6. The lowest BCUT2D eigenvalue weighted by molar-refractivity contribution is 0.251. The van der Waals surface area contributed by atoms with Gasteiger partial charge in [0.2, 0.25) is 0 Å². The molecular weight excluding hydrogens is 244 g/mol. The topological polar surface area (TPSA) is 86.9 Å². The van der Waals surface area contributed by atoms with Crippen molar-refractivity contribution in [1.82, 2.24) is 15.5 Å². The summed E-state index contributed by atoms with van der Waals surface area (Å²) < 4.78 is 0. The van der Waals surface area contributed by atoms with Crippen molar-refractivity contribution in [2.75, 3.05) is 5.32 Å². The highest BCUT2D eigenvalue weighted by molar-refractivity contribution is 5.87. The van der Waals surface area contributed by atoms with Gasteiger partial charge in [-0.2, -0.15) is 5.10 Å². The maximum Gasteiger partial charge on any atom is 0.320 e. The summed E-state index contributed by atoms with van der Waals surface area (Å²) in [6, 6.07) is 10.2. The molecule has 98 valence electrons. The lowest BCUT2D eigenvalue weighted by atomic mass is 10.1. The molecular formula is C13H14N4O2. The van der Waals surface area contributed by atoms with E-state index in [1.807, 2.05) is 31.2 Å². The van der Waals surface area contributed by atoms with Crippen LogP contribution in [0.25, 0.3) is 0 Å². The van der Waals surface area contributed by atoms with Crippen LogP contribution in [0, 0.1) is 6.92 Å². The van der Waals surface area contributed by atoms with Crippen LogP contribution in [-0.4, -0.2) is 16.2 Å². The highest BCUT2D eigenvalue weighted by atomic mass is 16.2. The molecule has 0 unspecified atom stereocenters. The fourth-order valence-corrected chi connectivity index (χ4v) is 1.58. The quantitative estimate of drug-likeness (QED) is 0.777. The molecule has 1 heterocycles. The molecule has 0 spiro atoms. The first-order chi connectivity index (χ1) is 9.13. The molecule has 0 saturated carbocycles. The van der Waals surface area contributed by atoms with E-state index in [0.29, 0.717) is 12.4 Å². The van der Waals surface area contributed by atoms with Crippen molar-refractivity contribution in [3.8, 4) is 0 Å². The number of carbonyl (C=O) groups excluding carboxylic acids is 1. The number of hydrogen-bond donors (Lipinski definition) is 3. The smallest absolute Gasteiger partial charge is 0.320 e. The first-order valence-corrected chi connectivity index (χ1v) is 5.79. The Bertz CT molecular complexity index is 616. The van der Waals surface area contributed by atoms with Gasteiger partial charge in [-0.3, -0.25) is 10.1 Å². The Hall–Kier alpha value is -2.63. The Labute approximate surface area is 109 Å². The normalized spacial score (nSPS) is 9.95. The van der Waals surface area contributed by atoms with E-state index in [1.54, 1.807) is 0 Å². The van der Waals surface area contributed by atoms with Crippen LogP contribution in [0.5, 0.6) is 0 Å². The third-order valence-corrected chi connectivity index (χ3v) is 2.46. The van der Waals surface area contributed by atoms with Crippen LogP contribution in [0.15, 0.2) is 41.2 Å². The Kier molecular flexibility index (Phi) is 3.92. The largest absolute Gasteiger partial charge is 0.334 e. The summed E-state index contributed by atoms with van der Waals surface area (Å²) >= 11 is 0. The second kappa shape index (κ2) is 5.81. The summed E-state index contributed by atoms with van der Waals surface area (Å²) in [5.74, 6) is 0.293. The molecule has 0 aliphatic heterocycles. The molecule has 0 radical (unpaired) electrons. The van der Waals surface area contributed by atoms with E-state index >= 15 is 0 Å². The van der Waals surface area contributed by atoms with Gasteiger partial charge in [0.05, 0.1) is 0 Å². The first kappa shape index (κ1) is 12.8. The first-order valence-electron chi connectivity index (χ1n) is 5.79. The fourth-order valence-electron chi connectivity index (χ4n) is 1.58. The number of benzene rings is 1. The molecule has 3 N–H and O–H groups in total. The maximum absolute atomic E-state index is 11.6. The summed E-state index contributed by atoms with van der Waals surface area (Å²) in [5.41, 5.74) is 1.84. The minimum atomic E-state index is -0.374. The molecule has 0 atom stereocenters. The number of amides is 2. The minimum Gasteiger partial charge on any atom is -0.334 e. The van der Waals surface area contributed by atoms with Crippen LogP contribution in [0.3, 0.4) is 0 Å². The lowest BCUT2D eigenvalue weighted by Crippen LogP contribution is -2.29. The van der Waals surface area contributed by atoms with Crippen LogP contribution in [0.4, 0.5) is 10.6 Å². The molecule has 0 fully saturated rings. The zero-order valence-electron chi connectivity index (χ0n) is 10.4. The van der Waals surface area contributed by atoms with Crippen LogP contribution in [-0.2, 0) is 6.54 Å². The number of rotatable bonds is 3. The van der Waals surface area contributed by atoms with Gasteiger partial charge in [-0.1, -0.05) is 29.8 Å². The van der Waals surface area contributed by atoms with Crippen molar-refractivity contribution in [2.24, 2.45) is 0 Å². The van der Waals surface area contributed by atoms with Gasteiger partial charge >= 0.3 is 6.03 Å². The SMILES string of the molecule is Cc1cccc(CNC(=O)Nc2ccc(=O)[nH]n2)c1. The Balaban J connectivity index is 1.88. The molecule has 0 saturated heterocycles. The van der Waals surface area contributed by atoms with Gasteiger partial charge in [0.25, 0.3) is 5.56 Å². The third-order valence-electron chi connectivity index (χ3n) is 2.46. The van der Waals surface area contributed by atoms with E-state index in [1.165, 1.54) is 12.1 Å². The molecule has 0 bridgehead atoms. The van der Waals surface area contributed by atoms with Gasteiger partial charge in [-0.25, -0.2) is 9.89 Å². The predicted octanol–water partition coefficient (Wildman–Crippen LogP) is 1.40. The Morgan fingerprint density at radius 2 is 2.16 bits per heavy atom. The van der Waals surface area contributed by atoms with Crippen LogP contribution >= 0.6 is 0 Å². The van der Waals surface area contributed by atoms with Crippen molar-refractivity contribution in [3.63, 3.8) is 0 Å². The summed E-state index contributed by atoms with van der Waals surface area (Å²) in [5, 5.41) is 11.1. The van der Waals surface area contributed by atoms with E-state index in [4.69, 9.17) is 0 Å². The van der Waals surface area contributed by atoms with Crippen molar-refractivity contribution < 1.29 is 4.79 Å². The number of urea groups is 1. The number of anilines is 1. The highest BCUT2D eigenvalue weighted by Crippen LogP contribution is 2.03. The number of carbonyl (C=O) groups is 1. The molecule has 2 amide bonds. The second-order valence-electron chi connectivity index (χ2n) is 4.10. The average molecular weight is 258 g/mol. The molecule has 6 nitrogen and oxygen atoms in total. The second-order valence-corrected chi connectivity index (χ2v) is 4.10. The van der Waals surface area contributed by atoms with E-state index < -0.39 is 0 Å². The zero-order chi connectivity index (χ0) is 13.7. The van der Waals surface area contributed by atoms with Crippen molar-refractivity contribution in [3.05, 3.63) is 57.9 Å². The molecule has 2 rings (SSSR count). The van der Waals surface area contributed by atoms with Crippen molar-refractivity contribution in [1.29, 1.82) is 0 Å². The van der Waals surface area contributed by atoms with Crippen molar-refractivity contribution >= 4 is 11.8 Å². The number of H-pyrrole nitrogens is 1. The Morgan fingerprint density at radius 3 is 2.84 bits per heavy atom. The van der Waals surface area contributed by atoms with Gasteiger partial charge in [0.1, 0.15) is 0 Å². The van der Waals surface area contributed by atoms with E-state index in [9.17, 15) is 9.59 Å². The number of aromatic nitrogens is 2. The summed E-state index contributed by atoms with van der Waals surface area (Å²) in [4.78, 5) is 22.4. The van der Waals surface area contributed by atoms with E-state index in [2.05, 4.69) is 20.8 Å². The predicted molar refractivity (Wildman–Crippen MR) is 71.9 cm³/mol. The molecule has 1 aromatic heterocycles. The van der Waals surface area contributed by atoms with Gasteiger partial charge < -0.3 is 5.32 Å². The highest BCUT2D eigenvalue weighted by Gasteiger charge is 2.02. The monoisotopic (exact) mass is 258 g/mol. The number of hydrogen-bond acceptors (Lipinski definition) is 3. The van der Waals surface area contributed by atoms with E-state index in [-0.39, 0.29) is 11.6 Å². The summed E-state index contributed by atoms with van der Waals surface area (Å²) in [6.45, 7) is 2.42. The number of aromatic amines is 1. The van der Waals surface area contributed by atoms with Gasteiger partial charge in [-0.05, 0) is 18.6 Å². The Morgan fingerprint density at radius 1 is 1.32 bits per heavy atom. The summed E-state index contributed by atoms with van der Waals surface area (Å²) in [6.07, 6.45) is 0. The fraction of sp³-hybridized carbons (Fsp3) is 0.154. The minimum absolute atomic E-state index is 0.293. The van der Waals surface area contributed by atoms with Gasteiger partial charge in [0.15, 0.2) is 5.82 Å². The molecule has 0 aliphatic rings. The molecule has 0 aliphatic carbocycles. The number of nitrogens with zero attached hydrogens (tertiary/aromatic N) is 1. The van der Waals surface area contributed by atoms with Crippen LogP contribution in [0.1, 0.15) is 11.1 Å². The summed E-state index contributed by atoms with van der Waals surface area (Å²) in [7, 11) is 0. The molecule has 2 aromatic rings. The number of nitrogens with one attached hydrogen (secondary N) is 3. The van der Waals surface area contributed by atoms with Gasteiger partial charge in [-0.15, -0.1) is 0 Å². The van der Waals surface area contributed by atoms with Crippen LogP contribution < -0.4 is 16.2 Å². The third kappa shape index (κ3) is 3.95. The molecule has 6 heteroatoms. The van der Waals surface area contributed by atoms with E-state index in [0.717, 1.165) is 11.1 Å². The van der Waals surface area contributed by atoms with Crippen molar-refractivity contribution in [2.45, 2.75) is 13.5 Å². The van der Waals surface area contributed by atoms with Gasteiger partial charge in [0, 0.05) is 12.6 Å². The lowest BCUT2D eigenvalue weighted by Gasteiger charge is -2.07. The standard InChI is InChI=1S/C13H14N4O2/c1-9-3-2-4-10(7-9)8-14-13(19)15-11-5-6-12(18)17-16-11/h2-7H,8H2,1H3,(H,17,18)(H2,14,15,16,19). The zero-order valence-corrected chi connectivity index (χ0v) is 10.4. The number of aryl methyl sites for hydroxylation is 1. The molecule has 19 heavy (non-hydrogen) atoms. The average Bonchev–Trinajstić information content (AvgIpc) is 2.39.